The summed E-state index contributed by atoms with van der Waals surface area (Å²) in [5.41, 5.74) is 0. The van der Waals surface area contributed by atoms with Crippen molar-refractivity contribution in [2.24, 2.45) is 0 Å². The lowest BCUT2D eigenvalue weighted by Gasteiger charge is -2.13. The van der Waals surface area contributed by atoms with Crippen LogP contribution in [0.5, 0.6) is 0 Å². The van der Waals surface area contributed by atoms with Gasteiger partial charge in [-0.15, -0.1) is 11.4 Å². The Labute approximate surface area is 97.3 Å². The van der Waals surface area contributed by atoms with E-state index in [1.807, 2.05) is 0 Å². The Bertz CT molecular complexity index is 248. The molecule has 86 valence electrons. The molecule has 1 saturated heterocycles. The first-order valence-corrected chi connectivity index (χ1v) is 7.76. The summed E-state index contributed by atoms with van der Waals surface area (Å²) < 4.78 is 0. The van der Waals surface area contributed by atoms with Crippen LogP contribution in [0, 0.1) is 0 Å². The molecule has 2 amide bonds. The van der Waals surface area contributed by atoms with Gasteiger partial charge < -0.3 is 0 Å². The molecule has 0 aromatic rings. The van der Waals surface area contributed by atoms with Crippen LogP contribution in [0.25, 0.3) is 0 Å². The van der Waals surface area contributed by atoms with E-state index in [4.69, 9.17) is 0 Å². The van der Waals surface area contributed by atoms with Crippen LogP contribution in [-0.4, -0.2) is 28.5 Å². The SMILES string of the molecule is CCCCCCN1C(=O)CC(SP)C1=O. The highest BCUT2D eigenvalue weighted by Crippen LogP contribution is 2.29. The zero-order chi connectivity index (χ0) is 11.3. The predicted octanol–water partition coefficient (Wildman–Crippen LogP) is 2.22. The van der Waals surface area contributed by atoms with Crippen molar-refractivity contribution in [3.05, 3.63) is 0 Å². The summed E-state index contributed by atoms with van der Waals surface area (Å²) in [7, 11) is 2.46. The van der Waals surface area contributed by atoms with Gasteiger partial charge >= 0.3 is 0 Å². The van der Waals surface area contributed by atoms with Crippen LogP contribution in [0.1, 0.15) is 39.0 Å². The maximum Gasteiger partial charge on any atom is 0.243 e. The van der Waals surface area contributed by atoms with E-state index >= 15 is 0 Å². The fraction of sp³-hybridized carbons (Fsp3) is 0.800. The molecule has 1 aliphatic heterocycles. The van der Waals surface area contributed by atoms with Crippen LogP contribution in [0.15, 0.2) is 0 Å². The first kappa shape index (κ1) is 13.0. The first-order chi connectivity index (χ1) is 7.20. The molecule has 0 spiro atoms. The Morgan fingerprint density at radius 1 is 1.40 bits per heavy atom. The van der Waals surface area contributed by atoms with E-state index in [2.05, 4.69) is 15.4 Å². The van der Waals surface area contributed by atoms with E-state index in [-0.39, 0.29) is 17.1 Å². The molecule has 5 heteroatoms. The van der Waals surface area contributed by atoms with Crippen molar-refractivity contribution >= 4 is 31.6 Å². The molecular weight excluding hydrogens is 229 g/mol. The maximum absolute atomic E-state index is 11.7. The molecule has 0 bridgehead atoms. The average molecular weight is 247 g/mol. The minimum atomic E-state index is -0.159. The molecular formula is C10H18NO2PS. The van der Waals surface area contributed by atoms with Gasteiger partial charge in [-0.3, -0.25) is 14.5 Å². The maximum atomic E-state index is 11.7. The van der Waals surface area contributed by atoms with E-state index in [1.54, 1.807) is 0 Å². The summed E-state index contributed by atoms with van der Waals surface area (Å²) in [4.78, 5) is 24.6. The zero-order valence-electron chi connectivity index (χ0n) is 9.07. The Morgan fingerprint density at radius 2 is 2.13 bits per heavy atom. The summed E-state index contributed by atoms with van der Waals surface area (Å²) in [6.07, 6.45) is 4.77. The number of carbonyl (C=O) groups excluding carboxylic acids is 2. The lowest BCUT2D eigenvalue weighted by Crippen LogP contribution is -2.32. The van der Waals surface area contributed by atoms with Crippen LogP contribution in [0.4, 0.5) is 0 Å². The summed E-state index contributed by atoms with van der Waals surface area (Å²) in [6, 6.07) is 0. The molecule has 0 aliphatic carbocycles. The number of unbranched alkanes of at least 4 members (excludes halogenated alkanes) is 3. The Kier molecular flexibility index (Phi) is 5.62. The third-order valence-corrected chi connectivity index (χ3v) is 4.28. The highest BCUT2D eigenvalue weighted by atomic mass is 32.7. The van der Waals surface area contributed by atoms with Crippen molar-refractivity contribution in [3.8, 4) is 0 Å². The number of hydrogen-bond donors (Lipinski definition) is 0. The molecule has 15 heavy (non-hydrogen) atoms. The second-order valence-electron chi connectivity index (χ2n) is 3.77. The van der Waals surface area contributed by atoms with E-state index in [1.165, 1.54) is 29.1 Å². The van der Waals surface area contributed by atoms with Gasteiger partial charge in [0.05, 0.1) is 5.25 Å². The zero-order valence-corrected chi connectivity index (χ0v) is 11.0. The topological polar surface area (TPSA) is 37.4 Å². The summed E-state index contributed by atoms with van der Waals surface area (Å²) in [5, 5.41) is -0.159. The highest BCUT2D eigenvalue weighted by molar-refractivity contribution is 8.44. The second kappa shape index (κ2) is 6.49. The quantitative estimate of drug-likeness (QED) is 0.410. The van der Waals surface area contributed by atoms with Crippen LogP contribution in [0.3, 0.4) is 0 Å². The minimum absolute atomic E-state index is 0.00324. The molecule has 1 fully saturated rings. The van der Waals surface area contributed by atoms with Gasteiger partial charge in [-0.25, -0.2) is 0 Å². The van der Waals surface area contributed by atoms with Crippen molar-refractivity contribution in [2.45, 2.75) is 44.3 Å². The van der Waals surface area contributed by atoms with Crippen LogP contribution < -0.4 is 0 Å². The average Bonchev–Trinajstić information content (AvgIpc) is 2.50. The molecule has 0 saturated carbocycles. The van der Waals surface area contributed by atoms with E-state index in [0.717, 1.165) is 12.8 Å². The number of likely N-dealkylation sites (tertiary alicyclic amines) is 1. The Hall–Kier alpha value is -0.0800. The van der Waals surface area contributed by atoms with Gasteiger partial charge in [-0.05, 0) is 6.42 Å². The summed E-state index contributed by atoms with van der Waals surface area (Å²) in [5.74, 6) is -0.00653. The lowest BCUT2D eigenvalue weighted by atomic mass is 10.2. The van der Waals surface area contributed by atoms with E-state index in [9.17, 15) is 9.59 Å². The molecule has 0 radical (unpaired) electrons. The van der Waals surface area contributed by atoms with Crippen molar-refractivity contribution < 1.29 is 9.59 Å². The smallest absolute Gasteiger partial charge is 0.243 e. The number of amides is 2. The van der Waals surface area contributed by atoms with Crippen LogP contribution >= 0.6 is 19.8 Å². The van der Waals surface area contributed by atoms with Crippen molar-refractivity contribution in [1.82, 2.24) is 4.90 Å². The van der Waals surface area contributed by atoms with Crippen LogP contribution in [-0.2, 0) is 9.59 Å². The van der Waals surface area contributed by atoms with Crippen molar-refractivity contribution in [2.75, 3.05) is 6.54 Å². The normalized spacial score (nSPS) is 21.5. The van der Waals surface area contributed by atoms with Crippen molar-refractivity contribution in [1.29, 1.82) is 0 Å². The third-order valence-electron chi connectivity index (χ3n) is 2.60. The van der Waals surface area contributed by atoms with E-state index < -0.39 is 0 Å². The monoisotopic (exact) mass is 247 g/mol. The third kappa shape index (κ3) is 3.46. The Morgan fingerprint density at radius 3 is 2.67 bits per heavy atom. The van der Waals surface area contributed by atoms with Gasteiger partial charge in [0.2, 0.25) is 11.8 Å². The van der Waals surface area contributed by atoms with Gasteiger partial charge in [0.1, 0.15) is 0 Å². The van der Waals surface area contributed by atoms with Crippen molar-refractivity contribution in [3.63, 3.8) is 0 Å². The largest absolute Gasteiger partial charge is 0.282 e. The molecule has 1 heterocycles. The lowest BCUT2D eigenvalue weighted by molar-refractivity contribution is -0.138. The number of carbonyl (C=O) groups is 2. The molecule has 0 aromatic heterocycles. The number of hydrogen-bond acceptors (Lipinski definition) is 3. The first-order valence-electron chi connectivity index (χ1n) is 5.40. The number of nitrogens with zero attached hydrogens (tertiary/aromatic N) is 1. The number of imide groups is 1. The van der Waals surface area contributed by atoms with Crippen LogP contribution in [0.2, 0.25) is 0 Å². The molecule has 0 N–H and O–H groups in total. The standard InChI is InChI=1S/C10H18NO2PS/c1-2-3-4-5-6-11-9(12)7-8(15-14)10(11)13/h8H,2-7,14H2,1H3. The molecule has 1 rings (SSSR count). The fourth-order valence-electron chi connectivity index (χ4n) is 1.69. The fourth-order valence-corrected chi connectivity index (χ4v) is 2.81. The van der Waals surface area contributed by atoms with Gasteiger partial charge in [0, 0.05) is 13.0 Å². The number of rotatable bonds is 6. The molecule has 3 nitrogen and oxygen atoms in total. The predicted molar refractivity (Wildman–Crippen MR) is 66.6 cm³/mol. The Balaban J connectivity index is 2.34. The van der Waals surface area contributed by atoms with E-state index in [0.29, 0.717) is 13.0 Å². The van der Waals surface area contributed by atoms with Gasteiger partial charge in [-0.2, -0.15) is 0 Å². The minimum Gasteiger partial charge on any atom is -0.282 e. The highest BCUT2D eigenvalue weighted by Gasteiger charge is 2.37. The van der Waals surface area contributed by atoms with Gasteiger partial charge in [0.15, 0.2) is 0 Å². The molecule has 2 unspecified atom stereocenters. The van der Waals surface area contributed by atoms with Gasteiger partial charge in [-0.1, -0.05) is 34.6 Å². The van der Waals surface area contributed by atoms with Gasteiger partial charge in [0.25, 0.3) is 0 Å². The molecule has 0 aromatic carbocycles. The summed E-state index contributed by atoms with van der Waals surface area (Å²) in [6.45, 7) is 2.76. The molecule has 1 aliphatic rings. The molecule has 2 atom stereocenters. The summed E-state index contributed by atoms with van der Waals surface area (Å²) >= 11 is 1.40. The second-order valence-corrected chi connectivity index (χ2v) is 5.43.